The van der Waals surface area contributed by atoms with E-state index in [1.165, 1.54) is 38.5 Å². The Balaban J connectivity index is 4.51. The molecule has 0 saturated heterocycles. The van der Waals surface area contributed by atoms with Crippen molar-refractivity contribution in [3.8, 4) is 0 Å². The van der Waals surface area contributed by atoms with Crippen LogP contribution in [-0.2, 0) is 10.1 Å². The molecule has 2 unspecified atom stereocenters. The second-order valence-electron chi connectivity index (χ2n) is 5.80. The van der Waals surface area contributed by atoms with Crippen LogP contribution in [0.15, 0.2) is 0 Å². The Labute approximate surface area is 127 Å². The molecule has 0 aliphatic heterocycles. The summed E-state index contributed by atoms with van der Waals surface area (Å²) in [5, 5.41) is 0. The maximum Gasteiger partial charge on any atom is 0.198 e. The third-order valence-electron chi connectivity index (χ3n) is 3.40. The minimum Gasteiger partial charge on any atom is -0.341 e. The predicted octanol–water partition coefficient (Wildman–Crippen LogP) is 4.85. The SMILES string of the molecule is CCCCC(C)CS(CC(C)CCCC)=P(O)(O)S. The third-order valence-corrected chi connectivity index (χ3v) is 11.1. The van der Waals surface area contributed by atoms with Crippen LogP contribution in [0.25, 0.3) is 0 Å². The van der Waals surface area contributed by atoms with Gasteiger partial charge in [0.2, 0.25) is 0 Å². The van der Waals surface area contributed by atoms with Crippen LogP contribution in [-0.4, -0.2) is 21.3 Å². The third kappa shape index (κ3) is 10.4. The van der Waals surface area contributed by atoms with E-state index in [0.717, 1.165) is 11.5 Å². The van der Waals surface area contributed by atoms with Gasteiger partial charge in [-0.25, -0.2) is 0 Å². The van der Waals surface area contributed by atoms with Crippen LogP contribution < -0.4 is 0 Å². The van der Waals surface area contributed by atoms with Crippen LogP contribution in [0.3, 0.4) is 0 Å². The Morgan fingerprint density at radius 3 is 1.58 bits per heavy atom. The van der Waals surface area contributed by atoms with E-state index in [0.29, 0.717) is 11.8 Å². The van der Waals surface area contributed by atoms with Gasteiger partial charge in [0.1, 0.15) is 0 Å². The monoisotopic (exact) mass is 328 g/mol. The lowest BCUT2D eigenvalue weighted by molar-refractivity contribution is 0.500. The van der Waals surface area contributed by atoms with Crippen LogP contribution in [0, 0.1) is 11.8 Å². The van der Waals surface area contributed by atoms with E-state index in [1.807, 2.05) is 0 Å². The minimum atomic E-state index is -2.98. The van der Waals surface area contributed by atoms with Crippen molar-refractivity contribution in [3.63, 3.8) is 0 Å². The van der Waals surface area contributed by atoms with E-state index in [2.05, 4.69) is 39.9 Å². The molecule has 2 N–H and O–H groups in total. The van der Waals surface area contributed by atoms with Crippen LogP contribution in [0.2, 0.25) is 0 Å². The van der Waals surface area contributed by atoms with Gasteiger partial charge < -0.3 is 9.79 Å². The van der Waals surface area contributed by atoms with Gasteiger partial charge in [0.25, 0.3) is 0 Å². The van der Waals surface area contributed by atoms with Crippen molar-refractivity contribution in [2.45, 2.75) is 66.2 Å². The first-order valence-corrected chi connectivity index (χ1v) is 12.6. The smallest absolute Gasteiger partial charge is 0.198 e. The van der Waals surface area contributed by atoms with Crippen LogP contribution >= 0.6 is 17.9 Å². The highest BCUT2D eigenvalue weighted by Crippen LogP contribution is 2.48. The molecule has 0 aliphatic rings. The maximum absolute atomic E-state index is 9.97. The van der Waals surface area contributed by atoms with Crippen molar-refractivity contribution in [2.24, 2.45) is 11.8 Å². The minimum absolute atomic E-state index is 0.322. The fourth-order valence-electron chi connectivity index (χ4n) is 2.20. The van der Waals surface area contributed by atoms with Gasteiger partial charge in [-0.1, -0.05) is 65.6 Å². The molecule has 0 heterocycles. The lowest BCUT2D eigenvalue weighted by Gasteiger charge is -2.23. The van der Waals surface area contributed by atoms with Gasteiger partial charge in [0.15, 0.2) is 5.69 Å². The van der Waals surface area contributed by atoms with Crippen molar-refractivity contribution < 1.29 is 9.79 Å². The van der Waals surface area contributed by atoms with Crippen LogP contribution in [0.1, 0.15) is 66.2 Å². The predicted molar refractivity (Wildman–Crippen MR) is 94.8 cm³/mol. The number of thiol groups is 1. The molecular formula is C14H33O2PS2. The quantitative estimate of drug-likeness (QED) is 0.396. The zero-order chi connectivity index (χ0) is 14.9. The average Bonchev–Trinajstić information content (AvgIpc) is 2.31. The van der Waals surface area contributed by atoms with Gasteiger partial charge in [0, 0.05) is 0 Å². The molecule has 0 amide bonds. The summed E-state index contributed by atoms with van der Waals surface area (Å²) >= 11 is 4.12. The van der Waals surface area contributed by atoms with E-state index >= 15 is 0 Å². The van der Waals surface area contributed by atoms with Gasteiger partial charge >= 0.3 is 0 Å². The second kappa shape index (κ2) is 10.7. The summed E-state index contributed by atoms with van der Waals surface area (Å²) in [7, 11) is -0.322. The van der Waals surface area contributed by atoms with Crippen molar-refractivity contribution in [1.29, 1.82) is 0 Å². The topological polar surface area (TPSA) is 40.5 Å². The van der Waals surface area contributed by atoms with Crippen molar-refractivity contribution in [3.05, 3.63) is 0 Å². The summed E-state index contributed by atoms with van der Waals surface area (Å²) in [4.78, 5) is 19.9. The molecule has 19 heavy (non-hydrogen) atoms. The summed E-state index contributed by atoms with van der Waals surface area (Å²) < 4.78 is 0. The van der Waals surface area contributed by atoms with Gasteiger partial charge in [-0.15, -0.1) is 10.1 Å². The molecule has 0 rings (SSSR count). The first kappa shape index (κ1) is 20.1. The molecule has 0 bridgehead atoms. The largest absolute Gasteiger partial charge is 0.341 e. The van der Waals surface area contributed by atoms with Crippen LogP contribution in [0.4, 0.5) is 0 Å². The van der Waals surface area contributed by atoms with Gasteiger partial charge in [-0.05, 0) is 36.2 Å². The van der Waals surface area contributed by atoms with Crippen molar-refractivity contribution in [1.82, 2.24) is 0 Å². The molecule has 2 atom stereocenters. The Hall–Kier alpha value is 1.05. The lowest BCUT2D eigenvalue weighted by Crippen LogP contribution is -2.16. The second-order valence-corrected chi connectivity index (χ2v) is 14.0. The normalized spacial score (nSPS) is 17.2. The molecule has 0 radical (unpaired) electrons. The summed E-state index contributed by atoms with van der Waals surface area (Å²) in [6.45, 7) is 8.87. The zero-order valence-electron chi connectivity index (χ0n) is 13.0. The highest BCUT2D eigenvalue weighted by molar-refractivity contribution is 8.65. The highest BCUT2D eigenvalue weighted by Gasteiger charge is 2.17. The van der Waals surface area contributed by atoms with E-state index in [9.17, 15) is 9.79 Å². The molecule has 0 aromatic rings. The standard InChI is InChI=1S/C14H33O2PS2/c1-5-7-9-13(3)11-19(17(15,16)18)12-14(4)10-8-6-2/h13-16,18H,5-12H2,1-4H3. The molecule has 0 fully saturated rings. The van der Waals surface area contributed by atoms with Gasteiger partial charge in [-0.3, -0.25) is 0 Å². The molecule has 5 heteroatoms. The number of hydrogen-bond donors (Lipinski definition) is 3. The first-order chi connectivity index (χ1) is 8.81. The lowest BCUT2D eigenvalue weighted by atomic mass is 10.1. The number of hydrogen-bond acceptors (Lipinski definition) is 0. The number of rotatable bonds is 10. The molecular weight excluding hydrogens is 295 g/mol. The molecule has 0 spiro atoms. The highest BCUT2D eigenvalue weighted by atomic mass is 32.9. The Morgan fingerprint density at radius 1 is 0.947 bits per heavy atom. The molecule has 118 valence electrons. The van der Waals surface area contributed by atoms with Crippen molar-refractivity contribution >= 4 is 28.0 Å². The van der Waals surface area contributed by atoms with E-state index < -0.39 is 5.69 Å². The van der Waals surface area contributed by atoms with E-state index in [1.54, 1.807) is 0 Å². The molecule has 0 aromatic carbocycles. The Bertz CT molecular complexity index is 263. The molecule has 0 aromatic heterocycles. The molecule has 0 saturated carbocycles. The number of unbranched alkanes of at least 4 members (excludes halogenated alkanes) is 2. The van der Waals surface area contributed by atoms with Crippen molar-refractivity contribution in [2.75, 3.05) is 11.5 Å². The van der Waals surface area contributed by atoms with E-state index in [4.69, 9.17) is 0 Å². The fourth-order valence-corrected chi connectivity index (χ4v) is 8.31. The van der Waals surface area contributed by atoms with Gasteiger partial charge in [0.05, 0.1) is 0 Å². The maximum atomic E-state index is 9.97. The van der Waals surface area contributed by atoms with Gasteiger partial charge in [-0.2, -0.15) is 0 Å². The summed E-state index contributed by atoms with van der Waals surface area (Å²) in [6.07, 6.45) is 7.28. The van der Waals surface area contributed by atoms with Crippen LogP contribution in [0.5, 0.6) is 0 Å². The summed E-state index contributed by atoms with van der Waals surface area (Å²) in [5.74, 6) is 3.02. The molecule has 2 nitrogen and oxygen atoms in total. The zero-order valence-corrected chi connectivity index (χ0v) is 15.6. The molecule has 0 aliphatic carbocycles. The first-order valence-electron chi connectivity index (χ1n) is 7.56. The van der Waals surface area contributed by atoms with E-state index in [-0.39, 0.29) is 10.1 Å². The fraction of sp³-hybridized carbons (Fsp3) is 1.00. The Kier molecular flexibility index (Phi) is 11.3. The Morgan fingerprint density at radius 2 is 1.32 bits per heavy atom. The summed E-state index contributed by atoms with van der Waals surface area (Å²) in [5.41, 5.74) is -2.98. The average molecular weight is 329 g/mol. The summed E-state index contributed by atoms with van der Waals surface area (Å²) in [6, 6.07) is 0.